The van der Waals surface area contributed by atoms with E-state index in [9.17, 15) is 0 Å². The average Bonchev–Trinajstić information content (AvgIpc) is 4.11. The summed E-state index contributed by atoms with van der Waals surface area (Å²) in [5, 5.41) is 5.08. The predicted octanol–water partition coefficient (Wildman–Crippen LogP) is 15.1. The van der Waals surface area contributed by atoms with Crippen LogP contribution in [0.2, 0.25) is 0 Å². The fraction of sp³-hybridized carbons (Fsp3) is 0.0351. The Bertz CT molecular complexity index is 3770. The van der Waals surface area contributed by atoms with E-state index in [-0.39, 0.29) is 5.82 Å². The molecule has 1 atom stereocenters. The first-order chi connectivity index (χ1) is 31.1. The van der Waals surface area contributed by atoms with E-state index in [1.54, 1.807) is 12.3 Å². The molecule has 6 heteroatoms. The number of fused-ring (bicyclic) bond motifs is 12. The van der Waals surface area contributed by atoms with Gasteiger partial charge in [-0.25, -0.2) is 9.37 Å². The standard InChI is InChI=1S/C57H36FN3O2/c1-35-26-29-50(59-34-35)61(47-24-13-23-46-51(47)41-20-8-10-22-45(41)60(46)40-18-6-3-7-19-40)48-33-44-54(56-52(48)42-21-9-11-25-49(42)63-56)53-43(28-27-36-30-31-62-55(36)53)57(44,37-14-4-2-5-15-37)38-16-12-17-39(58)32-38/h2-34H,1H3. The number of anilines is 3. The molecule has 298 valence electrons. The minimum absolute atomic E-state index is 0.311. The lowest BCUT2D eigenvalue weighted by Gasteiger charge is -2.35. The number of furan rings is 2. The van der Waals surface area contributed by atoms with E-state index in [4.69, 9.17) is 13.8 Å². The average molecular weight is 814 g/mol. The van der Waals surface area contributed by atoms with Gasteiger partial charge in [-0.05, 0) is 101 Å². The van der Waals surface area contributed by atoms with Crippen LogP contribution in [0.4, 0.5) is 21.6 Å². The number of aromatic nitrogens is 2. The first kappa shape index (κ1) is 35.5. The summed E-state index contributed by atoms with van der Waals surface area (Å²) in [6, 6.07) is 64.3. The lowest BCUT2D eigenvalue weighted by atomic mass is 9.67. The summed E-state index contributed by atoms with van der Waals surface area (Å²) < 4.78 is 31.9. The van der Waals surface area contributed by atoms with Crippen molar-refractivity contribution < 1.29 is 13.2 Å². The zero-order valence-electron chi connectivity index (χ0n) is 34.1. The van der Waals surface area contributed by atoms with Crippen molar-refractivity contribution >= 4 is 71.9 Å². The summed E-state index contributed by atoms with van der Waals surface area (Å²) in [6.45, 7) is 2.06. The van der Waals surface area contributed by atoms with Crippen molar-refractivity contribution in [1.82, 2.24) is 9.55 Å². The van der Waals surface area contributed by atoms with Crippen molar-refractivity contribution in [3.05, 3.63) is 234 Å². The van der Waals surface area contributed by atoms with Crippen molar-refractivity contribution in [2.24, 2.45) is 0 Å². The van der Waals surface area contributed by atoms with E-state index < -0.39 is 5.41 Å². The molecule has 0 saturated carbocycles. The van der Waals surface area contributed by atoms with Gasteiger partial charge in [-0.3, -0.25) is 4.90 Å². The van der Waals surface area contributed by atoms with Crippen molar-refractivity contribution in [2.75, 3.05) is 4.90 Å². The van der Waals surface area contributed by atoms with Gasteiger partial charge in [0, 0.05) is 44.6 Å². The minimum Gasteiger partial charge on any atom is -0.464 e. The molecule has 1 aliphatic carbocycles. The van der Waals surface area contributed by atoms with Gasteiger partial charge in [-0.1, -0.05) is 121 Å². The fourth-order valence-electron chi connectivity index (χ4n) is 10.5. The number of hydrogen-bond donors (Lipinski definition) is 0. The number of rotatable bonds is 6. The van der Waals surface area contributed by atoms with Crippen LogP contribution in [0.15, 0.2) is 209 Å². The number of aryl methyl sites for hydroxylation is 1. The molecule has 1 unspecified atom stereocenters. The van der Waals surface area contributed by atoms with E-state index >= 15 is 4.39 Å². The highest BCUT2D eigenvalue weighted by atomic mass is 19.1. The molecule has 4 heterocycles. The Morgan fingerprint density at radius 2 is 1.30 bits per heavy atom. The Labute approximate surface area is 361 Å². The molecule has 0 N–H and O–H groups in total. The maximum Gasteiger partial charge on any atom is 0.145 e. The molecule has 0 spiro atoms. The summed E-state index contributed by atoms with van der Waals surface area (Å²) in [5.41, 5.74) is 13.0. The molecule has 0 amide bonds. The molecular formula is C57H36FN3O2. The maximum atomic E-state index is 15.9. The van der Waals surface area contributed by atoms with Gasteiger partial charge >= 0.3 is 0 Å². The quantitative estimate of drug-likeness (QED) is 0.168. The SMILES string of the molecule is Cc1ccc(N(c2cc3c(c4oc5ccccc5c24)-c2c(ccc4ccoc24)C3(c2ccccc2)c2cccc(F)c2)c2cccc3c2c2ccccc2n3-c2ccccc2)nc1. The molecule has 0 radical (unpaired) electrons. The van der Waals surface area contributed by atoms with Gasteiger partial charge in [0.2, 0.25) is 0 Å². The molecule has 4 aromatic heterocycles. The van der Waals surface area contributed by atoms with Crippen LogP contribution in [0.1, 0.15) is 27.8 Å². The van der Waals surface area contributed by atoms with Crippen LogP contribution in [0.5, 0.6) is 0 Å². The third-order valence-electron chi connectivity index (χ3n) is 13.1. The van der Waals surface area contributed by atoms with Gasteiger partial charge in [0.05, 0.1) is 39.5 Å². The first-order valence-corrected chi connectivity index (χ1v) is 21.2. The number of pyridine rings is 1. The zero-order chi connectivity index (χ0) is 41.8. The molecule has 0 saturated heterocycles. The lowest BCUT2D eigenvalue weighted by molar-refractivity contribution is 0.615. The second-order valence-electron chi connectivity index (χ2n) is 16.5. The third-order valence-corrected chi connectivity index (χ3v) is 13.1. The normalized spacial score (nSPS) is 14.6. The maximum absolute atomic E-state index is 15.9. The van der Waals surface area contributed by atoms with Crippen LogP contribution >= 0.6 is 0 Å². The smallest absolute Gasteiger partial charge is 0.145 e. The molecule has 12 aromatic rings. The lowest BCUT2D eigenvalue weighted by Crippen LogP contribution is -2.29. The van der Waals surface area contributed by atoms with Crippen molar-refractivity contribution in [3.8, 4) is 16.8 Å². The van der Waals surface area contributed by atoms with Gasteiger partial charge < -0.3 is 13.4 Å². The fourth-order valence-corrected chi connectivity index (χ4v) is 10.5. The monoisotopic (exact) mass is 813 g/mol. The minimum atomic E-state index is -0.987. The molecule has 0 fully saturated rings. The molecular weight excluding hydrogens is 778 g/mol. The molecule has 63 heavy (non-hydrogen) atoms. The third kappa shape index (κ3) is 4.94. The zero-order valence-corrected chi connectivity index (χ0v) is 34.1. The van der Waals surface area contributed by atoms with E-state index in [2.05, 4.69) is 156 Å². The summed E-state index contributed by atoms with van der Waals surface area (Å²) in [4.78, 5) is 7.52. The van der Waals surface area contributed by atoms with Crippen molar-refractivity contribution in [1.29, 1.82) is 0 Å². The molecule has 1 aliphatic rings. The number of halogens is 1. The van der Waals surface area contributed by atoms with E-state index in [1.807, 2.05) is 42.6 Å². The number of para-hydroxylation sites is 3. The number of hydrogen-bond acceptors (Lipinski definition) is 4. The van der Waals surface area contributed by atoms with Crippen molar-refractivity contribution in [2.45, 2.75) is 12.3 Å². The van der Waals surface area contributed by atoms with Crippen LogP contribution in [0.3, 0.4) is 0 Å². The van der Waals surface area contributed by atoms with E-state index in [1.165, 1.54) is 6.07 Å². The Morgan fingerprint density at radius 1 is 0.571 bits per heavy atom. The Balaban J connectivity index is 1.24. The molecule has 8 aromatic carbocycles. The van der Waals surface area contributed by atoms with Crippen LogP contribution < -0.4 is 4.90 Å². The highest BCUT2D eigenvalue weighted by Gasteiger charge is 2.50. The molecule has 5 nitrogen and oxygen atoms in total. The summed E-state index contributed by atoms with van der Waals surface area (Å²) in [5.74, 6) is 0.435. The Morgan fingerprint density at radius 3 is 2.13 bits per heavy atom. The topological polar surface area (TPSA) is 47.3 Å². The van der Waals surface area contributed by atoms with Crippen LogP contribution in [-0.4, -0.2) is 9.55 Å². The summed E-state index contributed by atoms with van der Waals surface area (Å²) in [6.07, 6.45) is 3.68. The highest BCUT2D eigenvalue weighted by molar-refractivity contribution is 6.23. The Hall–Kier alpha value is -8.22. The van der Waals surface area contributed by atoms with Gasteiger partial charge in [0.1, 0.15) is 28.4 Å². The number of benzene rings is 8. The van der Waals surface area contributed by atoms with Crippen molar-refractivity contribution in [3.63, 3.8) is 0 Å². The van der Waals surface area contributed by atoms with Crippen LogP contribution in [0.25, 0.3) is 71.5 Å². The largest absolute Gasteiger partial charge is 0.464 e. The second-order valence-corrected chi connectivity index (χ2v) is 16.5. The number of nitrogens with zero attached hydrogens (tertiary/aromatic N) is 3. The van der Waals surface area contributed by atoms with E-state index in [0.717, 1.165) is 117 Å². The first-order valence-electron chi connectivity index (χ1n) is 21.2. The van der Waals surface area contributed by atoms with E-state index in [0.29, 0.717) is 0 Å². The molecule has 0 bridgehead atoms. The second kappa shape index (κ2) is 13.4. The van der Waals surface area contributed by atoms with Gasteiger partial charge in [-0.15, -0.1) is 0 Å². The van der Waals surface area contributed by atoms with Gasteiger partial charge in [0.15, 0.2) is 0 Å². The summed E-state index contributed by atoms with van der Waals surface area (Å²) >= 11 is 0. The van der Waals surface area contributed by atoms with Gasteiger partial charge in [-0.2, -0.15) is 0 Å². The highest BCUT2D eigenvalue weighted by Crippen LogP contribution is 2.62. The Kier molecular flexibility index (Phi) is 7.55. The summed E-state index contributed by atoms with van der Waals surface area (Å²) in [7, 11) is 0. The predicted molar refractivity (Wildman–Crippen MR) is 252 cm³/mol. The van der Waals surface area contributed by atoms with Crippen LogP contribution in [-0.2, 0) is 5.41 Å². The molecule has 13 rings (SSSR count). The van der Waals surface area contributed by atoms with Crippen LogP contribution in [0, 0.1) is 12.7 Å². The van der Waals surface area contributed by atoms with Gasteiger partial charge in [0.25, 0.3) is 0 Å². The molecule has 0 aliphatic heterocycles.